The average molecular weight is 394 g/mol. The molecular weight excluding hydrogens is 386 g/mol. The molecule has 6 heteroatoms. The van der Waals surface area contributed by atoms with Crippen LogP contribution in [0.25, 0.3) is 0 Å². The second-order valence-corrected chi connectivity index (χ2v) is 5.73. The lowest BCUT2D eigenvalue weighted by Gasteiger charge is -2.07. The fraction of sp³-hybridized carbons (Fsp3) is 0.0833. The molecule has 0 saturated carbocycles. The van der Waals surface area contributed by atoms with Gasteiger partial charge < -0.3 is 5.73 Å². The molecule has 2 nitrogen and oxygen atoms in total. The Labute approximate surface area is 126 Å². The monoisotopic (exact) mass is 392 g/mol. The number of aromatic nitrogens is 1. The summed E-state index contributed by atoms with van der Waals surface area (Å²) in [6.07, 6.45) is 0.511. The van der Waals surface area contributed by atoms with Gasteiger partial charge >= 0.3 is 0 Å². The number of rotatable bonds is 2. The number of pyridine rings is 1. The topological polar surface area (TPSA) is 38.9 Å². The zero-order valence-corrected chi connectivity index (χ0v) is 13.0. The maximum Gasteiger partial charge on any atom is 0.130 e. The van der Waals surface area contributed by atoms with Gasteiger partial charge in [-0.05, 0) is 55.6 Å². The van der Waals surface area contributed by atoms with Crippen LogP contribution in [0, 0.1) is 5.82 Å². The first-order valence-corrected chi connectivity index (χ1v) is 6.98. The van der Waals surface area contributed by atoms with Crippen LogP contribution >= 0.6 is 43.5 Å². The summed E-state index contributed by atoms with van der Waals surface area (Å²) in [5.41, 5.74) is 7.91. The molecule has 18 heavy (non-hydrogen) atoms. The molecule has 0 aliphatic heterocycles. The second-order valence-electron chi connectivity index (χ2n) is 3.71. The summed E-state index contributed by atoms with van der Waals surface area (Å²) >= 11 is 12.6. The van der Waals surface area contributed by atoms with Gasteiger partial charge in [-0.15, -0.1) is 0 Å². The molecule has 94 valence electrons. The molecule has 0 fully saturated rings. The van der Waals surface area contributed by atoms with E-state index in [-0.39, 0.29) is 5.82 Å². The minimum absolute atomic E-state index is 0.351. The zero-order valence-electron chi connectivity index (χ0n) is 9.05. The van der Waals surface area contributed by atoms with Gasteiger partial charge in [0, 0.05) is 21.6 Å². The van der Waals surface area contributed by atoms with Gasteiger partial charge in [0.15, 0.2) is 0 Å². The summed E-state index contributed by atoms with van der Waals surface area (Å²) in [7, 11) is 0. The lowest BCUT2D eigenvalue weighted by molar-refractivity contribution is 0.627. The molecule has 0 atom stereocenters. The summed E-state index contributed by atoms with van der Waals surface area (Å²) in [5, 5.41) is 0.390. The molecule has 2 rings (SSSR count). The number of hydrogen-bond donors (Lipinski definition) is 1. The molecular formula is C12H8Br2ClFN2. The molecule has 0 saturated heterocycles. The van der Waals surface area contributed by atoms with E-state index in [2.05, 4.69) is 36.8 Å². The van der Waals surface area contributed by atoms with Crippen LogP contribution in [0.3, 0.4) is 0 Å². The Balaban J connectivity index is 2.34. The minimum atomic E-state index is -0.351. The van der Waals surface area contributed by atoms with Crippen molar-refractivity contribution in [3.63, 3.8) is 0 Å². The zero-order chi connectivity index (χ0) is 13.3. The predicted octanol–water partition coefficient (Wildman–Crippen LogP) is 4.57. The van der Waals surface area contributed by atoms with Crippen LogP contribution in [0.15, 0.2) is 33.3 Å². The van der Waals surface area contributed by atoms with Crippen molar-refractivity contribution in [3.8, 4) is 0 Å². The Kier molecular flexibility index (Phi) is 4.25. The van der Waals surface area contributed by atoms with Crippen LogP contribution in [0.5, 0.6) is 0 Å². The van der Waals surface area contributed by atoms with E-state index in [0.717, 1.165) is 15.7 Å². The van der Waals surface area contributed by atoms with Gasteiger partial charge in [0.1, 0.15) is 10.4 Å². The van der Waals surface area contributed by atoms with E-state index in [1.165, 1.54) is 12.1 Å². The van der Waals surface area contributed by atoms with E-state index in [0.29, 0.717) is 21.7 Å². The largest absolute Gasteiger partial charge is 0.396 e. The van der Waals surface area contributed by atoms with Gasteiger partial charge in [-0.3, -0.25) is 0 Å². The highest BCUT2D eigenvalue weighted by molar-refractivity contribution is 9.11. The van der Waals surface area contributed by atoms with Crippen LogP contribution in [0.1, 0.15) is 11.3 Å². The second kappa shape index (κ2) is 5.55. The Morgan fingerprint density at radius 1 is 1.28 bits per heavy atom. The number of halogens is 4. The van der Waals surface area contributed by atoms with Crippen molar-refractivity contribution in [1.82, 2.24) is 4.98 Å². The average Bonchev–Trinajstić information content (AvgIpc) is 2.29. The van der Waals surface area contributed by atoms with E-state index in [1.54, 1.807) is 6.07 Å². The molecule has 0 bridgehead atoms. The normalized spacial score (nSPS) is 10.7. The van der Waals surface area contributed by atoms with E-state index >= 15 is 0 Å². The molecule has 0 unspecified atom stereocenters. The number of hydrogen-bond acceptors (Lipinski definition) is 2. The molecule has 2 N–H and O–H groups in total. The van der Waals surface area contributed by atoms with Gasteiger partial charge in [-0.1, -0.05) is 17.7 Å². The third kappa shape index (κ3) is 3.02. The fourth-order valence-electron chi connectivity index (χ4n) is 1.49. The maximum atomic E-state index is 12.9. The highest BCUT2D eigenvalue weighted by Crippen LogP contribution is 2.28. The first kappa shape index (κ1) is 13.8. The van der Waals surface area contributed by atoms with Crippen LogP contribution in [-0.4, -0.2) is 4.98 Å². The number of anilines is 1. The van der Waals surface area contributed by atoms with Gasteiger partial charge in [-0.2, -0.15) is 0 Å². The molecule has 0 radical (unpaired) electrons. The molecule has 0 aliphatic carbocycles. The lowest BCUT2D eigenvalue weighted by atomic mass is 10.1. The van der Waals surface area contributed by atoms with Crippen LogP contribution in [0.2, 0.25) is 5.02 Å². The van der Waals surface area contributed by atoms with Gasteiger partial charge in [-0.25, -0.2) is 9.37 Å². The number of benzene rings is 1. The van der Waals surface area contributed by atoms with Gasteiger partial charge in [0.2, 0.25) is 0 Å². The molecule has 0 spiro atoms. The van der Waals surface area contributed by atoms with Crippen LogP contribution in [0.4, 0.5) is 10.1 Å². The van der Waals surface area contributed by atoms with Crippen molar-refractivity contribution in [1.29, 1.82) is 0 Å². The van der Waals surface area contributed by atoms with E-state index in [1.807, 2.05) is 6.07 Å². The van der Waals surface area contributed by atoms with Crippen LogP contribution in [-0.2, 0) is 6.42 Å². The highest BCUT2D eigenvalue weighted by Gasteiger charge is 2.09. The van der Waals surface area contributed by atoms with E-state index in [4.69, 9.17) is 17.3 Å². The fourth-order valence-corrected chi connectivity index (χ4v) is 2.89. The third-order valence-corrected chi connectivity index (χ3v) is 4.01. The van der Waals surface area contributed by atoms with Gasteiger partial charge in [0.05, 0.1) is 5.69 Å². The predicted molar refractivity (Wildman–Crippen MR) is 78.3 cm³/mol. The van der Waals surface area contributed by atoms with Crippen LogP contribution < -0.4 is 5.73 Å². The quantitative estimate of drug-likeness (QED) is 0.758. The molecule has 1 aromatic heterocycles. The molecule has 0 amide bonds. The van der Waals surface area contributed by atoms with E-state index < -0.39 is 0 Å². The smallest absolute Gasteiger partial charge is 0.130 e. The summed E-state index contributed by atoms with van der Waals surface area (Å²) < 4.78 is 14.3. The summed E-state index contributed by atoms with van der Waals surface area (Å²) in [6.45, 7) is 0. The van der Waals surface area contributed by atoms with Crippen molar-refractivity contribution in [2.24, 2.45) is 0 Å². The Morgan fingerprint density at radius 2 is 2.00 bits per heavy atom. The first-order valence-electron chi connectivity index (χ1n) is 5.01. The van der Waals surface area contributed by atoms with Crippen molar-refractivity contribution >= 4 is 49.1 Å². The lowest BCUT2D eigenvalue weighted by Crippen LogP contribution is -1.98. The van der Waals surface area contributed by atoms with Crippen molar-refractivity contribution in [3.05, 3.63) is 55.4 Å². The SMILES string of the molecule is Nc1c(Br)cc(Cc2ccc(F)cc2Cl)nc1Br. The first-order chi connectivity index (χ1) is 8.47. The number of nitrogens with zero attached hydrogens (tertiary/aromatic N) is 1. The summed E-state index contributed by atoms with van der Waals surface area (Å²) in [6, 6.07) is 6.14. The summed E-state index contributed by atoms with van der Waals surface area (Å²) in [4.78, 5) is 4.30. The highest BCUT2D eigenvalue weighted by atomic mass is 79.9. The van der Waals surface area contributed by atoms with Crippen molar-refractivity contribution in [2.45, 2.75) is 6.42 Å². The van der Waals surface area contributed by atoms with Gasteiger partial charge in [0.25, 0.3) is 0 Å². The maximum absolute atomic E-state index is 12.9. The molecule has 2 aromatic rings. The molecule has 1 aromatic carbocycles. The minimum Gasteiger partial charge on any atom is -0.396 e. The molecule has 0 aliphatic rings. The Hall–Kier alpha value is -0.650. The Bertz CT molecular complexity index is 582. The van der Waals surface area contributed by atoms with Crippen molar-refractivity contribution in [2.75, 3.05) is 5.73 Å². The number of nitrogens with two attached hydrogens (primary N) is 1. The third-order valence-electron chi connectivity index (χ3n) is 2.40. The Morgan fingerprint density at radius 3 is 2.61 bits per heavy atom. The molecule has 1 heterocycles. The summed E-state index contributed by atoms with van der Waals surface area (Å²) in [5.74, 6) is -0.351. The number of nitrogen functional groups attached to an aromatic ring is 1. The van der Waals surface area contributed by atoms with Crippen molar-refractivity contribution < 1.29 is 4.39 Å². The standard InChI is InChI=1S/C12H8Br2ClFN2/c13-9-5-8(18-12(14)11(9)17)3-6-1-2-7(16)4-10(6)15/h1-2,4-5H,3,17H2. The van der Waals surface area contributed by atoms with E-state index in [9.17, 15) is 4.39 Å².